The molecule has 0 bridgehead atoms. The Kier molecular flexibility index (Phi) is 4.05. The molecule has 2 aromatic rings. The Morgan fingerprint density at radius 1 is 1.24 bits per heavy atom. The molecular formula is C13H13BrF3N3S. The summed E-state index contributed by atoms with van der Waals surface area (Å²) in [5.41, 5.74) is -0.785. The summed E-state index contributed by atoms with van der Waals surface area (Å²) in [5.74, 6) is 0.380. The molecule has 0 unspecified atom stereocenters. The van der Waals surface area contributed by atoms with Crippen molar-refractivity contribution in [2.24, 2.45) is 0 Å². The van der Waals surface area contributed by atoms with Gasteiger partial charge in [-0.05, 0) is 45.1 Å². The van der Waals surface area contributed by atoms with Crippen molar-refractivity contribution in [1.29, 1.82) is 0 Å². The Morgan fingerprint density at radius 2 is 1.86 bits per heavy atom. The molecule has 0 aliphatic rings. The standard InChI is InChI=1S/C13H13BrF3N3S/c1-12(2,3)20-10(18-19-11(20)21)7-4-5-9(14)8(6-7)13(15,16)17/h4-6H,1-3H3,(H,19,21). The van der Waals surface area contributed by atoms with Crippen molar-refractivity contribution in [3.63, 3.8) is 0 Å². The van der Waals surface area contributed by atoms with Crippen LogP contribution in [-0.2, 0) is 11.7 Å². The number of H-pyrrole nitrogens is 1. The Balaban J connectivity index is 2.68. The van der Waals surface area contributed by atoms with Crippen molar-refractivity contribution < 1.29 is 13.2 Å². The molecule has 0 saturated heterocycles. The summed E-state index contributed by atoms with van der Waals surface area (Å²) in [4.78, 5) is 0. The molecule has 21 heavy (non-hydrogen) atoms. The number of hydrogen-bond acceptors (Lipinski definition) is 2. The van der Waals surface area contributed by atoms with Crippen LogP contribution < -0.4 is 0 Å². The van der Waals surface area contributed by atoms with Crippen molar-refractivity contribution in [2.75, 3.05) is 0 Å². The maximum absolute atomic E-state index is 13.0. The van der Waals surface area contributed by atoms with E-state index < -0.39 is 17.3 Å². The summed E-state index contributed by atoms with van der Waals surface area (Å²) in [6.45, 7) is 5.72. The highest BCUT2D eigenvalue weighted by Gasteiger charge is 2.33. The van der Waals surface area contributed by atoms with Crippen LogP contribution in [-0.4, -0.2) is 14.8 Å². The van der Waals surface area contributed by atoms with Crippen LogP contribution in [0.2, 0.25) is 0 Å². The van der Waals surface area contributed by atoms with Gasteiger partial charge >= 0.3 is 6.18 Å². The van der Waals surface area contributed by atoms with Crippen molar-refractivity contribution >= 4 is 28.1 Å². The summed E-state index contributed by atoms with van der Waals surface area (Å²) in [5, 5.41) is 6.71. The first-order valence-corrected chi connectivity index (χ1v) is 7.27. The lowest BCUT2D eigenvalue weighted by atomic mass is 10.1. The topological polar surface area (TPSA) is 33.6 Å². The maximum Gasteiger partial charge on any atom is 0.417 e. The average Bonchev–Trinajstić information content (AvgIpc) is 2.70. The molecule has 3 nitrogen and oxygen atoms in total. The second-order valence-electron chi connectivity index (χ2n) is 5.55. The summed E-state index contributed by atoms with van der Waals surface area (Å²) < 4.78 is 41.1. The molecule has 0 aliphatic carbocycles. The van der Waals surface area contributed by atoms with Crippen LogP contribution in [0.5, 0.6) is 0 Å². The van der Waals surface area contributed by atoms with Gasteiger partial charge in [0.2, 0.25) is 0 Å². The number of halogens is 4. The zero-order valence-corrected chi connectivity index (χ0v) is 13.9. The molecule has 0 amide bonds. The van der Waals surface area contributed by atoms with Gasteiger partial charge in [-0.1, -0.05) is 22.0 Å². The third-order valence-corrected chi connectivity index (χ3v) is 3.84. The first-order chi connectivity index (χ1) is 9.51. The lowest BCUT2D eigenvalue weighted by Gasteiger charge is -2.22. The second-order valence-corrected chi connectivity index (χ2v) is 6.79. The predicted molar refractivity (Wildman–Crippen MR) is 80.5 cm³/mol. The number of benzene rings is 1. The number of aromatic amines is 1. The number of hydrogen-bond donors (Lipinski definition) is 1. The number of nitrogens with zero attached hydrogens (tertiary/aromatic N) is 2. The molecule has 0 fully saturated rings. The van der Waals surface area contributed by atoms with E-state index in [1.54, 1.807) is 10.6 Å². The smallest absolute Gasteiger partial charge is 0.295 e. The van der Waals surface area contributed by atoms with Crippen LogP contribution in [0, 0.1) is 4.77 Å². The van der Waals surface area contributed by atoms with E-state index in [2.05, 4.69) is 26.1 Å². The minimum atomic E-state index is -4.44. The van der Waals surface area contributed by atoms with Crippen LogP contribution >= 0.6 is 28.1 Å². The zero-order chi connectivity index (χ0) is 16.0. The van der Waals surface area contributed by atoms with Gasteiger partial charge in [0, 0.05) is 15.6 Å². The molecule has 8 heteroatoms. The van der Waals surface area contributed by atoms with Crippen LogP contribution in [0.1, 0.15) is 26.3 Å². The lowest BCUT2D eigenvalue weighted by molar-refractivity contribution is -0.138. The largest absolute Gasteiger partial charge is 0.417 e. The summed E-state index contributed by atoms with van der Waals surface area (Å²) in [7, 11) is 0. The molecule has 0 spiro atoms. The van der Waals surface area contributed by atoms with Crippen molar-refractivity contribution in [1.82, 2.24) is 14.8 Å². The monoisotopic (exact) mass is 379 g/mol. The molecule has 0 radical (unpaired) electrons. The number of alkyl halides is 3. The van der Waals surface area contributed by atoms with Gasteiger partial charge in [0.25, 0.3) is 0 Å². The van der Waals surface area contributed by atoms with Gasteiger partial charge in [0.05, 0.1) is 5.56 Å². The maximum atomic E-state index is 13.0. The van der Waals surface area contributed by atoms with Gasteiger partial charge in [0.1, 0.15) is 0 Å². The third-order valence-electron chi connectivity index (χ3n) is 2.87. The van der Waals surface area contributed by atoms with E-state index in [9.17, 15) is 13.2 Å². The highest BCUT2D eigenvalue weighted by Crippen LogP contribution is 2.37. The fourth-order valence-electron chi connectivity index (χ4n) is 1.99. The molecule has 0 atom stereocenters. The minimum absolute atomic E-state index is 0.00445. The van der Waals surface area contributed by atoms with Crippen molar-refractivity contribution in [3.05, 3.63) is 33.0 Å². The van der Waals surface area contributed by atoms with Crippen LogP contribution in [0.3, 0.4) is 0 Å². The average molecular weight is 380 g/mol. The van der Waals surface area contributed by atoms with E-state index in [1.807, 2.05) is 20.8 Å². The summed E-state index contributed by atoms with van der Waals surface area (Å²) >= 11 is 8.09. The highest BCUT2D eigenvalue weighted by atomic mass is 79.9. The third kappa shape index (κ3) is 3.21. The van der Waals surface area contributed by atoms with Gasteiger partial charge in [-0.15, -0.1) is 0 Å². The quantitative estimate of drug-likeness (QED) is 0.695. The van der Waals surface area contributed by atoms with E-state index in [0.29, 0.717) is 16.2 Å². The fraction of sp³-hybridized carbons (Fsp3) is 0.385. The van der Waals surface area contributed by atoms with Crippen LogP contribution in [0.4, 0.5) is 13.2 Å². The van der Waals surface area contributed by atoms with Gasteiger partial charge in [-0.2, -0.15) is 18.3 Å². The van der Waals surface area contributed by atoms with E-state index in [-0.39, 0.29) is 4.47 Å². The molecule has 1 N–H and O–H groups in total. The van der Waals surface area contributed by atoms with Gasteiger partial charge < -0.3 is 0 Å². The van der Waals surface area contributed by atoms with Gasteiger partial charge in [-0.3, -0.25) is 9.67 Å². The predicted octanol–water partition coefficient (Wildman–Crippen LogP) is 5.14. The second kappa shape index (κ2) is 5.24. The number of nitrogens with one attached hydrogen (secondary N) is 1. The summed E-state index contributed by atoms with van der Waals surface area (Å²) in [6, 6.07) is 4.01. The van der Waals surface area contributed by atoms with Crippen molar-refractivity contribution in [2.45, 2.75) is 32.5 Å². The molecule has 1 aromatic carbocycles. The molecule has 1 heterocycles. The van der Waals surface area contributed by atoms with Crippen LogP contribution in [0.15, 0.2) is 22.7 Å². The Morgan fingerprint density at radius 3 is 2.38 bits per heavy atom. The van der Waals surface area contributed by atoms with E-state index in [1.165, 1.54) is 6.07 Å². The van der Waals surface area contributed by atoms with E-state index >= 15 is 0 Å². The SMILES string of the molecule is CC(C)(C)n1c(-c2ccc(Br)c(C(F)(F)F)c2)n[nH]c1=S. The normalized spacial score (nSPS) is 12.7. The van der Waals surface area contributed by atoms with Crippen molar-refractivity contribution in [3.8, 4) is 11.4 Å². The fourth-order valence-corrected chi connectivity index (χ4v) is 2.87. The minimum Gasteiger partial charge on any atom is -0.295 e. The Labute approximate surface area is 133 Å². The Hall–Kier alpha value is -1.15. The van der Waals surface area contributed by atoms with E-state index in [0.717, 1.165) is 6.07 Å². The lowest BCUT2D eigenvalue weighted by Crippen LogP contribution is -2.23. The van der Waals surface area contributed by atoms with Gasteiger partial charge in [0.15, 0.2) is 10.6 Å². The number of aromatic nitrogens is 3. The molecule has 0 saturated carbocycles. The molecule has 1 aromatic heterocycles. The Bertz CT molecular complexity index is 725. The molecule has 114 valence electrons. The molecular weight excluding hydrogens is 367 g/mol. The van der Waals surface area contributed by atoms with Crippen LogP contribution in [0.25, 0.3) is 11.4 Å². The molecule has 0 aliphatic heterocycles. The summed E-state index contributed by atoms with van der Waals surface area (Å²) in [6.07, 6.45) is -4.44. The first kappa shape index (κ1) is 16.2. The first-order valence-electron chi connectivity index (χ1n) is 6.07. The highest BCUT2D eigenvalue weighted by molar-refractivity contribution is 9.10. The molecule has 2 rings (SSSR count). The number of rotatable bonds is 1. The van der Waals surface area contributed by atoms with E-state index in [4.69, 9.17) is 12.2 Å². The zero-order valence-electron chi connectivity index (χ0n) is 11.5. The van der Waals surface area contributed by atoms with Gasteiger partial charge in [-0.25, -0.2) is 0 Å².